The fraction of sp³-hybridized carbons (Fsp3) is 0.655. The topological polar surface area (TPSA) is 83.4 Å². The van der Waals surface area contributed by atoms with E-state index in [4.69, 9.17) is 0 Å². The average Bonchev–Trinajstić information content (AvgIpc) is 3.30. The molecule has 1 unspecified atom stereocenters. The van der Waals surface area contributed by atoms with Crippen molar-refractivity contribution in [3.05, 3.63) is 47.5 Å². The van der Waals surface area contributed by atoms with Crippen molar-refractivity contribution in [2.24, 2.45) is 5.92 Å². The molecule has 37 heavy (non-hydrogen) atoms. The highest BCUT2D eigenvalue weighted by atomic mass is 16.2. The normalized spacial score (nSPS) is 19.7. The van der Waals surface area contributed by atoms with Crippen LogP contribution in [0.1, 0.15) is 95.0 Å². The van der Waals surface area contributed by atoms with Crippen molar-refractivity contribution in [3.8, 4) is 0 Å². The van der Waals surface area contributed by atoms with Crippen molar-refractivity contribution in [2.45, 2.75) is 90.8 Å². The Labute approximate surface area is 221 Å². The molecule has 2 atom stereocenters. The number of nitrogens with one attached hydrogen (secondary N) is 1. The molecule has 8 heteroatoms. The van der Waals surface area contributed by atoms with Gasteiger partial charge in [-0.05, 0) is 51.5 Å². The summed E-state index contributed by atoms with van der Waals surface area (Å²) in [6.07, 6.45) is 4.50. The van der Waals surface area contributed by atoms with Crippen LogP contribution in [0.15, 0.2) is 30.3 Å². The molecular formula is C29H44N6O2. The third-order valence-electron chi connectivity index (χ3n) is 8.30. The number of carbonyl (C=O) groups excluding carboxylic acids is 2. The molecule has 2 amide bonds. The molecule has 2 aromatic rings. The van der Waals surface area contributed by atoms with Gasteiger partial charge < -0.3 is 19.7 Å². The van der Waals surface area contributed by atoms with E-state index in [2.05, 4.69) is 64.8 Å². The minimum absolute atomic E-state index is 0.0279. The van der Waals surface area contributed by atoms with Crippen LogP contribution >= 0.6 is 0 Å². The quantitative estimate of drug-likeness (QED) is 0.577. The summed E-state index contributed by atoms with van der Waals surface area (Å²) < 4.78 is 2.36. The van der Waals surface area contributed by atoms with Gasteiger partial charge in [-0.2, -0.15) is 0 Å². The fourth-order valence-corrected chi connectivity index (χ4v) is 6.02. The number of aryl methyl sites for hydroxylation is 1. The zero-order valence-corrected chi connectivity index (χ0v) is 23.2. The second-order valence-electron chi connectivity index (χ2n) is 11.2. The van der Waals surface area contributed by atoms with Crippen molar-refractivity contribution in [3.63, 3.8) is 0 Å². The van der Waals surface area contributed by atoms with E-state index >= 15 is 0 Å². The highest BCUT2D eigenvalue weighted by Gasteiger charge is 2.31. The Morgan fingerprint density at radius 3 is 2.22 bits per heavy atom. The van der Waals surface area contributed by atoms with E-state index in [1.807, 2.05) is 23.1 Å². The standard InChI is InChI=1S/C29H44N6O2/c1-20(2)28-32-31-22(4)35(28)26-13-17-33(18-14-26)21(3)19-27(24-9-7-6-8-10-24)30-29(37)25-11-15-34(16-12-25)23(5)36/h6-10,20-21,25-27H,11-19H2,1-5H3,(H,30,37)/t21?,27-/m0/s1. The second-order valence-corrected chi connectivity index (χ2v) is 11.2. The van der Waals surface area contributed by atoms with Crippen molar-refractivity contribution < 1.29 is 9.59 Å². The van der Waals surface area contributed by atoms with Crippen LogP contribution in [0.2, 0.25) is 0 Å². The Morgan fingerprint density at radius 2 is 1.62 bits per heavy atom. The lowest BCUT2D eigenvalue weighted by atomic mass is 9.93. The molecule has 2 aliphatic rings. The van der Waals surface area contributed by atoms with Crippen LogP contribution in [0.3, 0.4) is 0 Å². The summed E-state index contributed by atoms with van der Waals surface area (Å²) in [5.74, 6) is 2.64. The summed E-state index contributed by atoms with van der Waals surface area (Å²) in [5.41, 5.74) is 1.15. The lowest BCUT2D eigenvalue weighted by Crippen LogP contribution is -2.45. The minimum atomic E-state index is -0.0324. The molecule has 0 aliphatic carbocycles. The van der Waals surface area contributed by atoms with Crippen LogP contribution < -0.4 is 5.32 Å². The largest absolute Gasteiger partial charge is 0.349 e. The van der Waals surface area contributed by atoms with Gasteiger partial charge in [0.25, 0.3) is 0 Å². The first-order chi connectivity index (χ1) is 17.7. The molecule has 1 N–H and O–H groups in total. The molecule has 2 aliphatic heterocycles. The predicted octanol–water partition coefficient (Wildman–Crippen LogP) is 4.24. The SMILES string of the molecule is CC(=O)N1CCC(C(=O)N[C@@H](CC(C)N2CCC(n3c(C)nnc3C(C)C)CC2)c2ccccc2)CC1. The predicted molar refractivity (Wildman–Crippen MR) is 145 cm³/mol. The number of hydrogen-bond acceptors (Lipinski definition) is 5. The van der Waals surface area contributed by atoms with Gasteiger partial charge >= 0.3 is 0 Å². The molecule has 2 saturated heterocycles. The molecule has 1 aromatic carbocycles. The molecule has 0 radical (unpaired) electrons. The highest BCUT2D eigenvalue weighted by molar-refractivity contribution is 5.80. The van der Waals surface area contributed by atoms with E-state index < -0.39 is 0 Å². The number of piperidine rings is 2. The van der Waals surface area contributed by atoms with E-state index in [1.54, 1.807) is 6.92 Å². The highest BCUT2D eigenvalue weighted by Crippen LogP contribution is 2.30. The van der Waals surface area contributed by atoms with Gasteiger partial charge in [0.2, 0.25) is 11.8 Å². The minimum Gasteiger partial charge on any atom is -0.349 e. The molecule has 1 aromatic heterocycles. The maximum Gasteiger partial charge on any atom is 0.223 e. The van der Waals surface area contributed by atoms with E-state index in [9.17, 15) is 9.59 Å². The molecule has 4 rings (SSSR count). The number of carbonyl (C=O) groups is 2. The molecule has 0 spiro atoms. The van der Waals surface area contributed by atoms with Crippen molar-refractivity contribution in [1.29, 1.82) is 0 Å². The van der Waals surface area contributed by atoms with Gasteiger partial charge in [0, 0.05) is 57.0 Å². The molecule has 8 nitrogen and oxygen atoms in total. The number of nitrogens with zero attached hydrogens (tertiary/aromatic N) is 5. The van der Waals surface area contributed by atoms with Crippen molar-refractivity contribution in [1.82, 2.24) is 29.9 Å². The average molecular weight is 509 g/mol. The summed E-state index contributed by atoms with van der Waals surface area (Å²) >= 11 is 0. The first kappa shape index (κ1) is 27.3. The van der Waals surface area contributed by atoms with Crippen LogP contribution in [0.5, 0.6) is 0 Å². The molecular weight excluding hydrogens is 464 g/mol. The van der Waals surface area contributed by atoms with Crippen LogP contribution in [0.4, 0.5) is 0 Å². The van der Waals surface area contributed by atoms with Gasteiger partial charge in [-0.3, -0.25) is 9.59 Å². The van der Waals surface area contributed by atoms with Gasteiger partial charge in [0.15, 0.2) is 0 Å². The van der Waals surface area contributed by atoms with Crippen molar-refractivity contribution in [2.75, 3.05) is 26.2 Å². The second kappa shape index (κ2) is 12.2. The molecule has 2 fully saturated rings. The van der Waals surface area contributed by atoms with E-state index in [-0.39, 0.29) is 23.8 Å². The summed E-state index contributed by atoms with van der Waals surface area (Å²) in [7, 11) is 0. The van der Waals surface area contributed by atoms with E-state index in [0.717, 1.165) is 62.4 Å². The summed E-state index contributed by atoms with van der Waals surface area (Å²) in [6, 6.07) is 11.1. The maximum atomic E-state index is 13.3. The van der Waals surface area contributed by atoms with Crippen LogP contribution in [-0.4, -0.2) is 68.6 Å². The Hall–Kier alpha value is -2.74. The summed E-state index contributed by atoms with van der Waals surface area (Å²) in [6.45, 7) is 13.7. The zero-order chi connectivity index (χ0) is 26.5. The lowest BCUT2D eigenvalue weighted by Gasteiger charge is -2.39. The Kier molecular flexibility index (Phi) is 9.00. The van der Waals surface area contributed by atoms with Crippen LogP contribution in [0.25, 0.3) is 0 Å². The Morgan fingerprint density at radius 1 is 0.973 bits per heavy atom. The van der Waals surface area contributed by atoms with Gasteiger partial charge in [-0.1, -0.05) is 44.2 Å². The van der Waals surface area contributed by atoms with Gasteiger partial charge in [0.1, 0.15) is 11.6 Å². The summed E-state index contributed by atoms with van der Waals surface area (Å²) in [4.78, 5) is 29.4. The number of benzene rings is 1. The first-order valence-electron chi connectivity index (χ1n) is 14.0. The maximum absolute atomic E-state index is 13.3. The lowest BCUT2D eigenvalue weighted by molar-refractivity contribution is -0.134. The number of rotatable bonds is 8. The van der Waals surface area contributed by atoms with Crippen LogP contribution in [-0.2, 0) is 9.59 Å². The Bertz CT molecular complexity index is 1040. The molecule has 3 heterocycles. The fourth-order valence-electron chi connectivity index (χ4n) is 6.02. The molecule has 0 bridgehead atoms. The van der Waals surface area contributed by atoms with Crippen molar-refractivity contribution >= 4 is 11.8 Å². The van der Waals surface area contributed by atoms with E-state index in [1.165, 1.54) is 0 Å². The third-order valence-corrected chi connectivity index (χ3v) is 8.30. The number of likely N-dealkylation sites (tertiary alicyclic amines) is 2. The Balaban J connectivity index is 1.37. The smallest absolute Gasteiger partial charge is 0.223 e. The van der Waals surface area contributed by atoms with Gasteiger partial charge in [-0.25, -0.2) is 0 Å². The van der Waals surface area contributed by atoms with Gasteiger partial charge in [-0.15, -0.1) is 10.2 Å². The van der Waals surface area contributed by atoms with Gasteiger partial charge in [0.05, 0.1) is 6.04 Å². The molecule has 0 saturated carbocycles. The number of amides is 2. The zero-order valence-electron chi connectivity index (χ0n) is 23.2. The van der Waals surface area contributed by atoms with Crippen LogP contribution in [0, 0.1) is 12.8 Å². The number of aromatic nitrogens is 3. The summed E-state index contributed by atoms with van der Waals surface area (Å²) in [5, 5.41) is 12.2. The molecule has 202 valence electrons. The monoisotopic (exact) mass is 508 g/mol. The third kappa shape index (κ3) is 6.58. The first-order valence-corrected chi connectivity index (χ1v) is 14.0. The number of hydrogen-bond donors (Lipinski definition) is 1. The van der Waals surface area contributed by atoms with E-state index in [0.29, 0.717) is 31.1 Å².